The maximum absolute atomic E-state index is 15.1. The molecule has 1 aromatic carbocycles. The zero-order chi connectivity index (χ0) is 21.7. The van der Waals surface area contributed by atoms with Crippen molar-refractivity contribution in [1.29, 1.82) is 0 Å². The largest absolute Gasteiger partial charge is 0.406 e. The van der Waals surface area contributed by atoms with Crippen molar-refractivity contribution in [1.82, 2.24) is 14.6 Å². The second-order valence-corrected chi connectivity index (χ2v) is 8.94. The average molecular weight is 451 g/mol. The van der Waals surface area contributed by atoms with Crippen LogP contribution in [0.5, 0.6) is 0 Å². The van der Waals surface area contributed by atoms with Crippen molar-refractivity contribution in [2.24, 2.45) is 0 Å². The Hall–Kier alpha value is -2.68. The fourth-order valence-electron chi connectivity index (χ4n) is 5.00. The van der Waals surface area contributed by atoms with Crippen LogP contribution in [0, 0.1) is 5.82 Å². The number of amides is 1. The van der Waals surface area contributed by atoms with Crippen LogP contribution in [0.4, 0.5) is 23.2 Å². The van der Waals surface area contributed by atoms with Crippen molar-refractivity contribution in [2.45, 2.75) is 42.7 Å². The lowest BCUT2D eigenvalue weighted by atomic mass is 9.94. The summed E-state index contributed by atoms with van der Waals surface area (Å²) >= 11 is 6.11. The van der Waals surface area contributed by atoms with Crippen LogP contribution in [-0.4, -0.2) is 33.2 Å². The molecular formula is C21H15ClF4N4O. The summed E-state index contributed by atoms with van der Waals surface area (Å²) in [6, 6.07) is 4.65. The number of carbonyl (C=O) groups is 1. The molecule has 0 radical (unpaired) electrons. The van der Waals surface area contributed by atoms with Gasteiger partial charge in [-0.25, -0.2) is 13.9 Å². The van der Waals surface area contributed by atoms with E-state index in [0.717, 1.165) is 5.56 Å². The highest BCUT2D eigenvalue weighted by Gasteiger charge is 2.62. The van der Waals surface area contributed by atoms with Gasteiger partial charge in [0.2, 0.25) is 5.91 Å². The molecule has 0 N–H and O–H groups in total. The van der Waals surface area contributed by atoms with Gasteiger partial charge in [-0.05, 0) is 54.9 Å². The zero-order valence-electron chi connectivity index (χ0n) is 16.0. The summed E-state index contributed by atoms with van der Waals surface area (Å²) in [7, 11) is 0. The summed E-state index contributed by atoms with van der Waals surface area (Å²) in [6.45, 7) is -1.41. The lowest BCUT2D eigenvalue weighted by Crippen LogP contribution is -2.39. The highest BCUT2D eigenvalue weighted by atomic mass is 35.5. The fraction of sp³-hybridized carbons (Fsp3) is 0.381. The van der Waals surface area contributed by atoms with Crippen LogP contribution in [-0.2, 0) is 10.2 Å². The number of hydrogen-bond acceptors (Lipinski definition) is 3. The fourth-order valence-corrected chi connectivity index (χ4v) is 5.20. The van der Waals surface area contributed by atoms with Gasteiger partial charge in [0, 0.05) is 23.5 Å². The van der Waals surface area contributed by atoms with Crippen molar-refractivity contribution in [3.8, 4) is 0 Å². The van der Waals surface area contributed by atoms with E-state index in [1.54, 1.807) is 29.0 Å². The second-order valence-electron chi connectivity index (χ2n) is 8.55. The first-order valence-corrected chi connectivity index (χ1v) is 10.3. The zero-order valence-corrected chi connectivity index (χ0v) is 16.7. The van der Waals surface area contributed by atoms with Crippen molar-refractivity contribution >= 4 is 28.8 Å². The Labute approximate surface area is 178 Å². The Kier molecular flexibility index (Phi) is 3.66. The molecule has 0 unspecified atom stereocenters. The molecule has 2 aliphatic carbocycles. The van der Waals surface area contributed by atoms with E-state index in [4.69, 9.17) is 11.6 Å². The molecule has 0 bridgehead atoms. The Bertz CT molecular complexity index is 1270. The molecule has 2 saturated carbocycles. The van der Waals surface area contributed by atoms with Crippen LogP contribution < -0.4 is 4.90 Å². The van der Waals surface area contributed by atoms with E-state index in [9.17, 15) is 18.0 Å². The van der Waals surface area contributed by atoms with Crippen molar-refractivity contribution in [3.05, 3.63) is 58.3 Å². The molecule has 2 atom stereocenters. The predicted molar refractivity (Wildman–Crippen MR) is 104 cm³/mol. The number of fused-ring (bicyclic) bond motifs is 3. The van der Waals surface area contributed by atoms with Gasteiger partial charge in [-0.15, -0.1) is 0 Å². The molecule has 6 rings (SSSR count). The minimum atomic E-state index is -4.57. The van der Waals surface area contributed by atoms with Crippen LogP contribution in [0.2, 0.25) is 5.15 Å². The Morgan fingerprint density at radius 3 is 2.68 bits per heavy atom. The maximum atomic E-state index is 15.1. The minimum absolute atomic E-state index is 0.00842. The Morgan fingerprint density at radius 2 is 1.97 bits per heavy atom. The van der Waals surface area contributed by atoms with Crippen LogP contribution in [0.25, 0.3) is 5.65 Å². The van der Waals surface area contributed by atoms with E-state index in [1.165, 1.54) is 6.07 Å². The van der Waals surface area contributed by atoms with Gasteiger partial charge in [-0.3, -0.25) is 4.79 Å². The molecule has 1 spiro atoms. The molecule has 0 saturated heterocycles. The number of benzene rings is 1. The van der Waals surface area contributed by atoms with Crippen molar-refractivity contribution < 1.29 is 22.4 Å². The van der Waals surface area contributed by atoms with Gasteiger partial charge in [0.1, 0.15) is 17.5 Å². The number of nitrogens with zero attached hydrogens (tertiary/aromatic N) is 4. The third-order valence-corrected chi connectivity index (χ3v) is 6.76. The first-order chi connectivity index (χ1) is 14.7. The topological polar surface area (TPSA) is 50.5 Å². The van der Waals surface area contributed by atoms with Gasteiger partial charge in [-0.2, -0.15) is 18.3 Å². The van der Waals surface area contributed by atoms with Crippen LogP contribution >= 0.6 is 11.6 Å². The van der Waals surface area contributed by atoms with Crippen LogP contribution in [0.15, 0.2) is 30.6 Å². The van der Waals surface area contributed by atoms with Gasteiger partial charge in [-0.1, -0.05) is 11.6 Å². The average Bonchev–Trinajstić information content (AvgIpc) is 3.58. The summed E-state index contributed by atoms with van der Waals surface area (Å²) < 4.78 is 56.1. The van der Waals surface area contributed by atoms with E-state index in [0.29, 0.717) is 40.5 Å². The van der Waals surface area contributed by atoms with Crippen LogP contribution in [0.3, 0.4) is 0 Å². The SMILES string of the molecule is O=C1N(CC(F)(F)F)c2cc([C@H]3C[C@@H]3c3cc(Cl)nn4ccnc34)cc(F)c2C12CC2. The van der Waals surface area contributed by atoms with Crippen molar-refractivity contribution in [3.63, 3.8) is 0 Å². The molecule has 1 aliphatic heterocycles. The minimum Gasteiger partial charge on any atom is -0.302 e. The number of rotatable bonds is 3. The number of alkyl halides is 3. The number of anilines is 1. The van der Waals surface area contributed by atoms with E-state index in [2.05, 4.69) is 10.1 Å². The molecule has 2 fully saturated rings. The van der Waals surface area contributed by atoms with Gasteiger partial charge >= 0.3 is 6.18 Å². The quantitative estimate of drug-likeness (QED) is 0.542. The van der Waals surface area contributed by atoms with E-state index in [-0.39, 0.29) is 23.1 Å². The van der Waals surface area contributed by atoms with E-state index < -0.39 is 29.9 Å². The van der Waals surface area contributed by atoms with Gasteiger partial charge < -0.3 is 4.90 Å². The van der Waals surface area contributed by atoms with E-state index >= 15 is 4.39 Å². The molecule has 5 nitrogen and oxygen atoms in total. The second kappa shape index (κ2) is 5.97. The molecule has 3 aromatic rings. The highest BCUT2D eigenvalue weighted by molar-refractivity contribution is 6.29. The van der Waals surface area contributed by atoms with E-state index in [1.807, 2.05) is 0 Å². The summed E-state index contributed by atoms with van der Waals surface area (Å²) in [5.41, 5.74) is 1.13. The molecule has 3 aliphatic rings. The third-order valence-electron chi connectivity index (χ3n) is 6.58. The Balaban J connectivity index is 1.40. The molecule has 3 heterocycles. The summed E-state index contributed by atoms with van der Waals surface area (Å²) in [4.78, 5) is 17.8. The molecule has 2 aromatic heterocycles. The highest BCUT2D eigenvalue weighted by Crippen LogP contribution is 2.61. The number of carbonyl (C=O) groups excluding carboxylic acids is 1. The summed E-state index contributed by atoms with van der Waals surface area (Å²) in [5.74, 6) is -1.36. The van der Waals surface area contributed by atoms with Gasteiger partial charge in [0.05, 0.1) is 11.1 Å². The number of halogens is 5. The first-order valence-electron chi connectivity index (χ1n) is 9.90. The Morgan fingerprint density at radius 1 is 1.19 bits per heavy atom. The normalized spacial score (nSPS) is 23.6. The standard InChI is InChI=1S/C21H15ClF4N4O/c22-16-8-13(18-27-3-4-30(18)28-16)12-7-11(12)10-5-14(23)17-15(6-10)29(9-21(24,25)26)19(31)20(17)1-2-20/h3-6,8,11-12H,1-2,7,9H2/t11-,12+/m1/s1. The lowest BCUT2D eigenvalue weighted by Gasteiger charge is -2.20. The summed E-state index contributed by atoms with van der Waals surface area (Å²) in [5, 5.41) is 4.45. The molecule has 10 heteroatoms. The smallest absolute Gasteiger partial charge is 0.302 e. The molecule has 160 valence electrons. The van der Waals surface area contributed by atoms with Crippen molar-refractivity contribution in [2.75, 3.05) is 11.4 Å². The third kappa shape index (κ3) is 2.78. The van der Waals surface area contributed by atoms with Gasteiger partial charge in [0.15, 0.2) is 5.65 Å². The molecule has 1 amide bonds. The number of aromatic nitrogens is 3. The maximum Gasteiger partial charge on any atom is 0.406 e. The summed E-state index contributed by atoms with van der Waals surface area (Å²) in [6.07, 6.45) is 0.143. The molecular weight excluding hydrogens is 436 g/mol. The van der Waals surface area contributed by atoms with Gasteiger partial charge in [0.25, 0.3) is 0 Å². The first kappa shape index (κ1) is 19.0. The number of hydrogen-bond donors (Lipinski definition) is 0. The lowest BCUT2D eigenvalue weighted by molar-refractivity contribution is -0.132. The predicted octanol–water partition coefficient (Wildman–Crippen LogP) is 4.73. The number of imidazole rings is 1. The van der Waals surface area contributed by atoms with Crippen LogP contribution in [0.1, 0.15) is 47.8 Å². The molecule has 31 heavy (non-hydrogen) atoms. The monoisotopic (exact) mass is 450 g/mol.